The van der Waals surface area contributed by atoms with E-state index in [1.54, 1.807) is 0 Å². The first kappa shape index (κ1) is 38.6. The maximum Gasteiger partial charge on any atom is 0.180 e. The Balaban J connectivity index is 1.07. The maximum absolute atomic E-state index is 7.19. The van der Waals surface area contributed by atoms with Gasteiger partial charge < -0.3 is 18.0 Å². The number of nitrogens with zero attached hydrogens (tertiary/aromatic N) is 4. The molecule has 15 rings (SSSR count). The number of rotatable bonds is 6. The summed E-state index contributed by atoms with van der Waals surface area (Å²) in [4.78, 5) is 10.6. The van der Waals surface area contributed by atoms with E-state index in [1.165, 1.54) is 10.8 Å². The zero-order valence-corrected chi connectivity index (χ0v) is 37.5. The van der Waals surface area contributed by atoms with Crippen LogP contribution in [0, 0.1) is 0 Å². The average Bonchev–Trinajstić information content (AvgIpc) is 4.19. The van der Waals surface area contributed by atoms with Crippen LogP contribution in [0.15, 0.2) is 239 Å². The van der Waals surface area contributed by atoms with Crippen LogP contribution in [0.25, 0.3) is 144 Å². The van der Waals surface area contributed by atoms with Crippen LogP contribution in [0.4, 0.5) is 0 Å². The monoisotopic (exact) mass is 894 g/mol. The summed E-state index contributed by atoms with van der Waals surface area (Å²) in [5.74, 6) is 0.639. The van der Waals surface area contributed by atoms with Gasteiger partial charge in [-0.2, -0.15) is 0 Å². The van der Waals surface area contributed by atoms with Crippen LogP contribution < -0.4 is 0 Å². The van der Waals surface area contributed by atoms with Gasteiger partial charge in [-0.1, -0.05) is 158 Å². The van der Waals surface area contributed by atoms with Crippen LogP contribution in [-0.4, -0.2) is 19.1 Å². The van der Waals surface area contributed by atoms with Crippen molar-refractivity contribution in [3.63, 3.8) is 0 Å². The fourth-order valence-electron chi connectivity index (χ4n) is 11.1. The molecule has 15 aromatic rings. The number of aromatic nitrogens is 4. The van der Waals surface area contributed by atoms with Crippen molar-refractivity contribution in [2.24, 2.45) is 0 Å². The van der Waals surface area contributed by atoms with E-state index in [9.17, 15) is 0 Å². The van der Waals surface area contributed by atoms with Gasteiger partial charge in [0.05, 0.1) is 38.5 Å². The summed E-state index contributed by atoms with van der Waals surface area (Å²) in [6.07, 6.45) is 0. The molecule has 0 saturated heterocycles. The fraction of sp³-hybridized carbons (Fsp3) is 0. The molecule has 0 atom stereocenters. The Morgan fingerprint density at radius 3 is 1.60 bits per heavy atom. The highest BCUT2D eigenvalue weighted by molar-refractivity contribution is 6.30. The Bertz CT molecular complexity index is 4510. The summed E-state index contributed by atoms with van der Waals surface area (Å²) in [6, 6.07) is 81.4. The number of furan rings is 2. The second-order valence-electron chi connectivity index (χ2n) is 18.0. The molecule has 0 aliphatic carbocycles. The minimum Gasteiger partial charge on any atom is -0.455 e. The minimum atomic E-state index is 0.639. The molecule has 5 aromatic heterocycles. The van der Waals surface area contributed by atoms with Gasteiger partial charge in [0.2, 0.25) is 0 Å². The Morgan fingerprint density at radius 2 is 0.900 bits per heavy atom. The normalized spacial score (nSPS) is 12.0. The summed E-state index contributed by atoms with van der Waals surface area (Å²) in [7, 11) is 0. The van der Waals surface area contributed by atoms with E-state index in [1.807, 2.05) is 36.4 Å². The van der Waals surface area contributed by atoms with Crippen molar-refractivity contribution in [2.75, 3.05) is 0 Å². The van der Waals surface area contributed by atoms with Gasteiger partial charge in [-0.05, 0) is 83.9 Å². The van der Waals surface area contributed by atoms with Gasteiger partial charge in [0, 0.05) is 54.9 Å². The van der Waals surface area contributed by atoms with E-state index in [-0.39, 0.29) is 0 Å². The first-order chi connectivity index (χ1) is 34.7. The van der Waals surface area contributed by atoms with Gasteiger partial charge >= 0.3 is 0 Å². The quantitative estimate of drug-likeness (QED) is 0.167. The van der Waals surface area contributed by atoms with Crippen LogP contribution in [0.3, 0.4) is 0 Å². The summed E-state index contributed by atoms with van der Waals surface area (Å²) < 4.78 is 18.8. The van der Waals surface area contributed by atoms with E-state index in [2.05, 4.69) is 203 Å². The van der Waals surface area contributed by atoms with E-state index in [0.29, 0.717) is 11.4 Å². The van der Waals surface area contributed by atoms with Crippen LogP contribution in [0.5, 0.6) is 0 Å². The second kappa shape index (κ2) is 15.0. The lowest BCUT2D eigenvalue weighted by atomic mass is 9.91. The van der Waals surface area contributed by atoms with Crippen molar-refractivity contribution in [2.45, 2.75) is 0 Å². The predicted molar refractivity (Wildman–Crippen MR) is 287 cm³/mol. The number of hydrogen-bond donors (Lipinski definition) is 0. The van der Waals surface area contributed by atoms with Crippen molar-refractivity contribution in [3.05, 3.63) is 231 Å². The lowest BCUT2D eigenvalue weighted by molar-refractivity contribution is 0.667. The largest absolute Gasteiger partial charge is 0.455 e. The molecule has 0 N–H and O–H groups in total. The zero-order valence-electron chi connectivity index (χ0n) is 37.5. The van der Waals surface area contributed by atoms with Gasteiger partial charge in [-0.15, -0.1) is 0 Å². The smallest absolute Gasteiger partial charge is 0.180 e. The molecule has 326 valence electrons. The molecular formula is C64H38N4O2. The van der Waals surface area contributed by atoms with E-state index < -0.39 is 0 Å². The standard InChI is InChI=1S/C64H38N4O2/c1-5-19-39(20-6-1)49-37-42(58-63-59(47-29-15-18-32-54(47)69-63)66-64(65-58)41-23-9-3-10-24-41)38-50(40-21-7-2-8-22-40)60(49)68-52-31-17-14-28-46(52)56-53(68)35-33-48-57-55(70-62(48)56)36-34-45-44-27-13-16-30-51(44)67(61(45)57)43-25-11-4-12-26-43/h1-38H. The highest BCUT2D eigenvalue weighted by Gasteiger charge is 2.27. The van der Waals surface area contributed by atoms with Gasteiger partial charge in [0.15, 0.2) is 11.4 Å². The predicted octanol–water partition coefficient (Wildman–Crippen LogP) is 17.1. The summed E-state index contributed by atoms with van der Waals surface area (Å²) in [6.45, 7) is 0. The van der Waals surface area contributed by atoms with Crippen LogP contribution in [0.1, 0.15) is 0 Å². The van der Waals surface area contributed by atoms with E-state index in [0.717, 1.165) is 122 Å². The van der Waals surface area contributed by atoms with Crippen molar-refractivity contribution >= 4 is 87.6 Å². The Kier molecular flexibility index (Phi) is 8.26. The highest BCUT2D eigenvalue weighted by atomic mass is 16.3. The number of para-hydroxylation sites is 4. The number of hydrogen-bond acceptors (Lipinski definition) is 4. The minimum absolute atomic E-state index is 0.639. The third-order valence-corrected chi connectivity index (χ3v) is 14.1. The van der Waals surface area contributed by atoms with Gasteiger partial charge in [-0.25, -0.2) is 9.97 Å². The number of benzene rings is 10. The van der Waals surface area contributed by atoms with E-state index >= 15 is 0 Å². The molecule has 0 saturated carbocycles. The molecule has 10 aromatic carbocycles. The van der Waals surface area contributed by atoms with E-state index in [4.69, 9.17) is 18.8 Å². The molecule has 0 amide bonds. The Hall–Kier alpha value is -9.52. The Morgan fingerprint density at radius 1 is 0.343 bits per heavy atom. The molecule has 0 unspecified atom stereocenters. The first-order valence-corrected chi connectivity index (χ1v) is 23.7. The third-order valence-electron chi connectivity index (χ3n) is 14.1. The SMILES string of the molecule is c1ccc(-c2nc(-c3cc(-c4ccccc4)c(-n4c5ccccc5c5c6oc7ccc8c9ccccc9n(-c9ccccc9)c8c7c6ccc54)c(-c4ccccc4)c3)c3oc4ccccc4c3n2)cc1. The van der Waals surface area contributed by atoms with Crippen LogP contribution in [-0.2, 0) is 0 Å². The van der Waals surface area contributed by atoms with Crippen molar-refractivity contribution in [1.82, 2.24) is 19.1 Å². The molecule has 0 radical (unpaired) electrons. The molecule has 0 spiro atoms. The van der Waals surface area contributed by atoms with Crippen molar-refractivity contribution in [1.29, 1.82) is 0 Å². The molecule has 0 aliphatic heterocycles. The van der Waals surface area contributed by atoms with Gasteiger partial charge in [-0.3, -0.25) is 0 Å². The van der Waals surface area contributed by atoms with Gasteiger partial charge in [0.25, 0.3) is 0 Å². The molecular weight excluding hydrogens is 857 g/mol. The molecule has 0 fully saturated rings. The lowest BCUT2D eigenvalue weighted by Crippen LogP contribution is -2.02. The third kappa shape index (κ3) is 5.62. The molecule has 5 heterocycles. The van der Waals surface area contributed by atoms with Crippen molar-refractivity contribution < 1.29 is 8.83 Å². The molecule has 0 bridgehead atoms. The highest BCUT2D eigenvalue weighted by Crippen LogP contribution is 2.49. The lowest BCUT2D eigenvalue weighted by Gasteiger charge is -2.21. The zero-order chi connectivity index (χ0) is 45.9. The summed E-state index contributed by atoms with van der Waals surface area (Å²) >= 11 is 0. The summed E-state index contributed by atoms with van der Waals surface area (Å²) in [5.41, 5.74) is 17.3. The molecule has 6 heteroatoms. The maximum atomic E-state index is 7.19. The Labute approximate surface area is 400 Å². The molecule has 70 heavy (non-hydrogen) atoms. The van der Waals surface area contributed by atoms with Crippen molar-refractivity contribution in [3.8, 4) is 56.3 Å². The topological polar surface area (TPSA) is 61.9 Å². The molecule has 6 nitrogen and oxygen atoms in total. The van der Waals surface area contributed by atoms with Crippen LogP contribution in [0.2, 0.25) is 0 Å². The summed E-state index contributed by atoms with van der Waals surface area (Å²) in [5, 5.41) is 7.70. The van der Waals surface area contributed by atoms with Gasteiger partial charge in [0.1, 0.15) is 28.0 Å². The second-order valence-corrected chi connectivity index (χ2v) is 18.0. The number of fused-ring (bicyclic) bond motifs is 14. The van der Waals surface area contributed by atoms with Crippen LogP contribution >= 0.6 is 0 Å². The fourth-order valence-corrected chi connectivity index (χ4v) is 11.1. The first-order valence-electron chi connectivity index (χ1n) is 23.7. The average molecular weight is 895 g/mol. The molecule has 0 aliphatic rings.